The molecule has 2 aromatic carbocycles. The molecule has 166 valence electrons. The van der Waals surface area contributed by atoms with Gasteiger partial charge in [0.25, 0.3) is 0 Å². The molecule has 0 aliphatic carbocycles. The number of thiophene rings is 1. The number of aromatic nitrogens is 1. The summed E-state index contributed by atoms with van der Waals surface area (Å²) in [6, 6.07) is 22.3. The van der Waals surface area contributed by atoms with Crippen LogP contribution in [-0.2, 0) is 20.1 Å². The van der Waals surface area contributed by atoms with Gasteiger partial charge < -0.3 is 33.8 Å². The van der Waals surface area contributed by atoms with Crippen LogP contribution in [0.5, 0.6) is 0 Å². The van der Waals surface area contributed by atoms with Gasteiger partial charge in [-0.2, -0.15) is 0 Å². The highest BCUT2D eigenvalue weighted by Crippen LogP contribution is 2.41. The lowest BCUT2D eigenvalue weighted by atomic mass is 9.99. The second-order valence-corrected chi connectivity index (χ2v) is 10.5. The predicted octanol–water partition coefficient (Wildman–Crippen LogP) is 3.47. The Bertz CT molecular complexity index is 1350. The topological polar surface area (TPSA) is 10.4 Å². The van der Waals surface area contributed by atoms with Crippen molar-refractivity contribution < 1.29 is 28.5 Å². The van der Waals surface area contributed by atoms with Gasteiger partial charge in [-0.25, -0.2) is 4.57 Å². The van der Waals surface area contributed by atoms with Crippen LogP contribution in [0.15, 0.2) is 77.5 Å². The molecule has 2 aliphatic heterocycles. The third-order valence-electron chi connectivity index (χ3n) is 6.22. The van der Waals surface area contributed by atoms with Gasteiger partial charge in [0.15, 0.2) is 12.4 Å². The molecule has 6 heteroatoms. The largest absolute Gasteiger partial charge is 1.00 e. The van der Waals surface area contributed by atoms with E-state index in [0.717, 1.165) is 24.2 Å². The summed E-state index contributed by atoms with van der Waals surface area (Å²) in [4.78, 5) is 7.56. The first-order chi connectivity index (χ1) is 15.6. The Morgan fingerprint density at radius 2 is 1.55 bits per heavy atom. The van der Waals surface area contributed by atoms with Crippen molar-refractivity contribution >= 4 is 50.8 Å². The second kappa shape index (κ2) is 9.24. The van der Waals surface area contributed by atoms with Gasteiger partial charge in [0.05, 0.1) is 6.67 Å². The number of rotatable bonds is 3. The van der Waals surface area contributed by atoms with Crippen molar-refractivity contribution in [3.63, 3.8) is 0 Å². The van der Waals surface area contributed by atoms with Crippen molar-refractivity contribution in [2.75, 3.05) is 16.5 Å². The maximum atomic E-state index is 3.62. The molecule has 0 amide bonds. The molecular formula is C27H23BrIN3S. The number of anilines is 2. The molecule has 0 radical (unpaired) electrons. The maximum absolute atomic E-state index is 3.62. The zero-order chi connectivity index (χ0) is 21.7. The SMILES string of the molecule is C[n+]1ccc(/C=C/c2ccc(-c3ccc4c(c3)CN3CN4Cc4cc(Br)ccc43)s2)cc1.[I-]. The number of benzene rings is 2. The number of halogens is 2. The molecule has 4 aromatic rings. The molecule has 0 saturated heterocycles. The number of nitrogens with zero attached hydrogens (tertiary/aromatic N) is 3. The summed E-state index contributed by atoms with van der Waals surface area (Å²) in [5, 5.41) is 0. The van der Waals surface area contributed by atoms with Crippen LogP contribution in [0.4, 0.5) is 11.4 Å². The number of hydrogen-bond acceptors (Lipinski definition) is 3. The molecule has 6 rings (SSSR count). The van der Waals surface area contributed by atoms with E-state index in [9.17, 15) is 0 Å². The number of pyridine rings is 1. The molecule has 3 nitrogen and oxygen atoms in total. The molecule has 4 heterocycles. The quantitative estimate of drug-likeness (QED) is 0.254. The molecule has 33 heavy (non-hydrogen) atoms. The maximum Gasteiger partial charge on any atom is 0.169 e. The van der Waals surface area contributed by atoms with E-state index >= 15 is 0 Å². The highest BCUT2D eigenvalue weighted by atomic mass is 127. The smallest absolute Gasteiger partial charge is 0.169 e. The predicted molar refractivity (Wildman–Crippen MR) is 138 cm³/mol. The Morgan fingerprint density at radius 3 is 2.30 bits per heavy atom. The molecular weight excluding hydrogens is 605 g/mol. The molecule has 0 unspecified atom stereocenters. The van der Waals surface area contributed by atoms with Crippen LogP contribution in [0, 0.1) is 0 Å². The first kappa shape index (κ1) is 22.6. The fraction of sp³-hybridized carbons (Fsp3) is 0.148. The lowest BCUT2D eigenvalue weighted by Gasteiger charge is -2.45. The van der Waals surface area contributed by atoms with Gasteiger partial charge in [-0.15, -0.1) is 11.3 Å². The molecule has 2 aromatic heterocycles. The van der Waals surface area contributed by atoms with Gasteiger partial charge in [0.2, 0.25) is 0 Å². The number of aryl methyl sites for hydroxylation is 1. The average Bonchev–Trinajstić information content (AvgIpc) is 3.27. The van der Waals surface area contributed by atoms with E-state index in [1.807, 2.05) is 18.4 Å². The summed E-state index contributed by atoms with van der Waals surface area (Å²) in [6.07, 6.45) is 8.54. The molecule has 0 N–H and O–H groups in total. The van der Waals surface area contributed by atoms with Gasteiger partial charge >= 0.3 is 0 Å². The number of fused-ring (bicyclic) bond motifs is 6. The van der Waals surface area contributed by atoms with Crippen molar-refractivity contribution in [2.24, 2.45) is 7.05 Å². The molecule has 0 fully saturated rings. The van der Waals surface area contributed by atoms with Crippen molar-refractivity contribution in [3.8, 4) is 10.4 Å². The van der Waals surface area contributed by atoms with E-state index in [2.05, 4.69) is 116 Å². The molecule has 0 spiro atoms. The second-order valence-electron chi connectivity index (χ2n) is 8.49. The Hall–Kier alpha value is -2.16. The van der Waals surface area contributed by atoms with Gasteiger partial charge in [-0.1, -0.05) is 28.1 Å². The van der Waals surface area contributed by atoms with E-state index in [4.69, 9.17) is 0 Å². The van der Waals surface area contributed by atoms with E-state index in [1.54, 1.807) is 0 Å². The van der Waals surface area contributed by atoms with Gasteiger partial charge in [0, 0.05) is 50.8 Å². The molecule has 2 aliphatic rings. The fourth-order valence-electron chi connectivity index (χ4n) is 4.60. The first-order valence-corrected chi connectivity index (χ1v) is 12.4. The summed E-state index contributed by atoms with van der Waals surface area (Å²) in [7, 11) is 2.04. The zero-order valence-corrected chi connectivity index (χ0v) is 22.8. The van der Waals surface area contributed by atoms with Crippen molar-refractivity contribution in [3.05, 3.63) is 99.1 Å². The van der Waals surface area contributed by atoms with Gasteiger partial charge in [0.1, 0.15) is 7.05 Å². The third kappa shape index (κ3) is 4.48. The standard InChI is InChI=1S/C27H23BrN3S.HI/c1-29-12-10-19(11-13-29)2-5-24-6-9-27(32-24)20-3-7-25-21(14-20)16-30-18-31(25)17-22-15-23(28)4-8-26(22)30;/h2-15H,16-18H2,1H3;1H/q+1;/p-1. The summed E-state index contributed by atoms with van der Waals surface area (Å²) in [5.41, 5.74) is 8.04. The summed E-state index contributed by atoms with van der Waals surface area (Å²) < 4.78 is 3.20. The highest BCUT2D eigenvalue weighted by Gasteiger charge is 2.29. The van der Waals surface area contributed by atoms with Crippen LogP contribution in [-0.4, -0.2) is 6.67 Å². The molecule has 0 saturated carbocycles. The Kier molecular flexibility index (Phi) is 6.33. The van der Waals surface area contributed by atoms with Crippen molar-refractivity contribution in [2.45, 2.75) is 13.1 Å². The van der Waals surface area contributed by atoms with Gasteiger partial charge in [-0.3, -0.25) is 0 Å². The minimum absolute atomic E-state index is 0. The third-order valence-corrected chi connectivity index (χ3v) is 7.81. The fourth-order valence-corrected chi connectivity index (χ4v) is 5.92. The summed E-state index contributed by atoms with van der Waals surface area (Å²) in [6.45, 7) is 2.88. The zero-order valence-electron chi connectivity index (χ0n) is 18.2. The van der Waals surface area contributed by atoms with Crippen LogP contribution in [0.3, 0.4) is 0 Å². The molecule has 2 bridgehead atoms. The number of hydrogen-bond donors (Lipinski definition) is 0. The average molecular weight is 628 g/mol. The minimum atomic E-state index is 0. The lowest BCUT2D eigenvalue weighted by Crippen LogP contribution is -3.00. The summed E-state index contributed by atoms with van der Waals surface area (Å²) in [5.74, 6) is 0. The van der Waals surface area contributed by atoms with E-state index in [1.165, 1.54) is 43.4 Å². The van der Waals surface area contributed by atoms with Crippen LogP contribution in [0.2, 0.25) is 0 Å². The molecule has 0 atom stereocenters. The minimum Gasteiger partial charge on any atom is -1.00 e. The van der Waals surface area contributed by atoms with Crippen molar-refractivity contribution in [1.82, 2.24) is 0 Å². The van der Waals surface area contributed by atoms with Crippen LogP contribution in [0.1, 0.15) is 21.6 Å². The van der Waals surface area contributed by atoms with E-state index < -0.39 is 0 Å². The van der Waals surface area contributed by atoms with E-state index in [-0.39, 0.29) is 24.0 Å². The van der Waals surface area contributed by atoms with Crippen LogP contribution in [0.25, 0.3) is 22.6 Å². The Balaban J connectivity index is 0.00000228. The van der Waals surface area contributed by atoms with Gasteiger partial charge in [-0.05, 0) is 70.8 Å². The van der Waals surface area contributed by atoms with Crippen molar-refractivity contribution in [1.29, 1.82) is 0 Å². The van der Waals surface area contributed by atoms with E-state index in [0.29, 0.717) is 0 Å². The lowest BCUT2D eigenvalue weighted by molar-refractivity contribution is -0.671. The first-order valence-electron chi connectivity index (χ1n) is 10.8. The highest BCUT2D eigenvalue weighted by molar-refractivity contribution is 9.10. The normalized spacial score (nSPS) is 14.1. The monoisotopic (exact) mass is 627 g/mol. The Morgan fingerprint density at radius 1 is 0.848 bits per heavy atom. The Labute approximate surface area is 224 Å². The van der Waals surface area contributed by atoms with Crippen LogP contribution >= 0.6 is 27.3 Å². The summed E-state index contributed by atoms with van der Waals surface area (Å²) >= 11 is 5.47. The van der Waals surface area contributed by atoms with Crippen LogP contribution < -0.4 is 38.3 Å².